The molecule has 3 unspecified atom stereocenters. The van der Waals surface area contributed by atoms with Gasteiger partial charge in [-0.3, -0.25) is 4.79 Å². The van der Waals surface area contributed by atoms with Crippen molar-refractivity contribution in [3.8, 4) is 0 Å². The van der Waals surface area contributed by atoms with Crippen LogP contribution in [0.15, 0.2) is 28.7 Å². The highest BCUT2D eigenvalue weighted by molar-refractivity contribution is 8.08. The summed E-state index contributed by atoms with van der Waals surface area (Å²) in [6.07, 6.45) is 0. The number of Topliss-reactive ketones (excluding diaryl/α,β-unsaturated/α-hetero) is 1. The first-order chi connectivity index (χ1) is 9.56. The third-order valence-corrected chi connectivity index (χ3v) is 7.22. The van der Waals surface area contributed by atoms with Gasteiger partial charge in [-0.05, 0) is 18.6 Å². The smallest absolute Gasteiger partial charge is 0.211 e. The summed E-state index contributed by atoms with van der Waals surface area (Å²) in [5.74, 6) is 1.52. The lowest BCUT2D eigenvalue weighted by Gasteiger charge is -2.29. The Balaban J connectivity index is 1.87. The molecule has 3 rings (SSSR count). The second kappa shape index (κ2) is 5.49. The summed E-state index contributed by atoms with van der Waals surface area (Å²) in [6, 6.07) is 7.89. The van der Waals surface area contributed by atoms with Crippen molar-refractivity contribution in [1.82, 2.24) is 0 Å². The molecule has 0 N–H and O–H groups in total. The lowest BCUT2D eigenvalue weighted by Crippen LogP contribution is -2.31. The van der Waals surface area contributed by atoms with Crippen molar-refractivity contribution in [2.75, 3.05) is 5.75 Å². The highest BCUT2D eigenvalue weighted by atomic mass is 32.2. The second-order valence-electron chi connectivity index (χ2n) is 5.34. The van der Waals surface area contributed by atoms with E-state index in [1.165, 1.54) is 0 Å². The fourth-order valence-corrected chi connectivity index (χ4v) is 5.27. The van der Waals surface area contributed by atoms with E-state index < -0.39 is 0 Å². The van der Waals surface area contributed by atoms with Crippen LogP contribution in [0.1, 0.15) is 30.0 Å². The van der Waals surface area contributed by atoms with Crippen LogP contribution >= 0.6 is 23.5 Å². The Kier molecular flexibility index (Phi) is 3.87. The average molecular weight is 306 g/mol. The number of furan rings is 1. The highest BCUT2D eigenvalue weighted by Gasteiger charge is 2.32. The summed E-state index contributed by atoms with van der Waals surface area (Å²) in [4.78, 5) is 12.6. The van der Waals surface area contributed by atoms with Crippen LogP contribution in [-0.2, 0) is 0 Å². The van der Waals surface area contributed by atoms with Gasteiger partial charge in [-0.2, -0.15) is 11.8 Å². The summed E-state index contributed by atoms with van der Waals surface area (Å²) in [7, 11) is 0. The number of para-hydroxylation sites is 1. The van der Waals surface area contributed by atoms with E-state index in [9.17, 15) is 4.79 Å². The second-order valence-corrected chi connectivity index (χ2v) is 8.33. The predicted molar refractivity (Wildman–Crippen MR) is 88.0 cm³/mol. The van der Waals surface area contributed by atoms with Crippen molar-refractivity contribution in [2.45, 2.75) is 36.5 Å². The van der Waals surface area contributed by atoms with Gasteiger partial charge in [-0.1, -0.05) is 32.0 Å². The molecule has 2 aromatic rings. The maximum atomic E-state index is 12.6. The number of fused-ring (bicyclic) bond motifs is 1. The van der Waals surface area contributed by atoms with Gasteiger partial charge in [0.15, 0.2) is 5.76 Å². The normalized spacial score (nSPS) is 26.9. The lowest BCUT2D eigenvalue weighted by atomic mass is 10.1. The Bertz CT molecular complexity index is 647. The van der Waals surface area contributed by atoms with Crippen LogP contribution in [0.2, 0.25) is 0 Å². The molecule has 0 bridgehead atoms. The summed E-state index contributed by atoms with van der Waals surface area (Å²) < 4.78 is 5.80. The number of ketones is 1. The SMILES string of the molecule is Cc1cccc2cc(C(=O)C3CSC(C)C(C)S3)oc12. The molecule has 1 aliphatic heterocycles. The van der Waals surface area contributed by atoms with Crippen molar-refractivity contribution in [3.63, 3.8) is 0 Å². The van der Waals surface area contributed by atoms with Gasteiger partial charge in [0.05, 0.1) is 5.25 Å². The van der Waals surface area contributed by atoms with Crippen molar-refractivity contribution in [2.24, 2.45) is 0 Å². The number of aryl methyl sites for hydroxylation is 1. The Hall–Kier alpha value is -0.870. The van der Waals surface area contributed by atoms with Crippen molar-refractivity contribution in [1.29, 1.82) is 0 Å². The largest absolute Gasteiger partial charge is 0.453 e. The Labute approximate surface area is 127 Å². The fourth-order valence-electron chi connectivity index (χ4n) is 2.41. The van der Waals surface area contributed by atoms with Gasteiger partial charge < -0.3 is 4.42 Å². The monoisotopic (exact) mass is 306 g/mol. The van der Waals surface area contributed by atoms with Crippen molar-refractivity contribution >= 4 is 40.3 Å². The van der Waals surface area contributed by atoms with Gasteiger partial charge in [0.2, 0.25) is 5.78 Å². The molecule has 1 aliphatic rings. The Morgan fingerprint density at radius 3 is 2.80 bits per heavy atom. The number of hydrogen-bond acceptors (Lipinski definition) is 4. The average Bonchev–Trinajstić information content (AvgIpc) is 2.86. The van der Waals surface area contributed by atoms with Crippen LogP contribution in [0.3, 0.4) is 0 Å². The molecule has 0 radical (unpaired) electrons. The van der Waals surface area contributed by atoms with Gasteiger partial charge in [0.25, 0.3) is 0 Å². The minimum Gasteiger partial charge on any atom is -0.453 e. The van der Waals surface area contributed by atoms with Crippen LogP contribution < -0.4 is 0 Å². The molecular formula is C16H18O2S2. The quantitative estimate of drug-likeness (QED) is 0.761. The number of carbonyl (C=O) groups excluding carboxylic acids is 1. The molecular weight excluding hydrogens is 288 g/mol. The third kappa shape index (κ3) is 2.51. The number of rotatable bonds is 2. The van der Waals surface area contributed by atoms with Crippen LogP contribution in [0.25, 0.3) is 11.0 Å². The van der Waals surface area contributed by atoms with E-state index in [1.54, 1.807) is 11.8 Å². The highest BCUT2D eigenvalue weighted by Crippen LogP contribution is 2.37. The molecule has 1 fully saturated rings. The number of hydrogen-bond donors (Lipinski definition) is 0. The van der Waals surface area contributed by atoms with E-state index in [4.69, 9.17) is 4.42 Å². The van der Waals surface area contributed by atoms with Crippen molar-refractivity contribution in [3.05, 3.63) is 35.6 Å². The van der Waals surface area contributed by atoms with E-state index in [2.05, 4.69) is 13.8 Å². The zero-order valence-electron chi connectivity index (χ0n) is 11.9. The molecule has 2 nitrogen and oxygen atoms in total. The van der Waals surface area contributed by atoms with E-state index >= 15 is 0 Å². The van der Waals surface area contributed by atoms with E-state index in [0.717, 1.165) is 22.3 Å². The maximum absolute atomic E-state index is 12.6. The third-order valence-electron chi connectivity index (χ3n) is 3.83. The van der Waals surface area contributed by atoms with Gasteiger partial charge in [-0.25, -0.2) is 0 Å². The number of carbonyl (C=O) groups is 1. The molecule has 0 amide bonds. The van der Waals surface area contributed by atoms with Crippen LogP contribution in [0.5, 0.6) is 0 Å². The molecule has 20 heavy (non-hydrogen) atoms. The van der Waals surface area contributed by atoms with E-state index in [-0.39, 0.29) is 11.0 Å². The summed E-state index contributed by atoms with van der Waals surface area (Å²) in [5, 5.41) is 2.16. The molecule has 1 saturated heterocycles. The van der Waals surface area contributed by atoms with Gasteiger partial charge in [0, 0.05) is 21.6 Å². The van der Waals surface area contributed by atoms with Gasteiger partial charge in [0.1, 0.15) is 5.58 Å². The summed E-state index contributed by atoms with van der Waals surface area (Å²) >= 11 is 3.67. The summed E-state index contributed by atoms with van der Waals surface area (Å²) in [6.45, 7) is 6.44. The molecule has 0 aliphatic carbocycles. The Morgan fingerprint density at radius 2 is 2.10 bits per heavy atom. The molecule has 4 heteroatoms. The molecule has 1 aromatic carbocycles. The predicted octanol–water partition coefficient (Wildman–Crippen LogP) is 4.55. The fraction of sp³-hybridized carbons (Fsp3) is 0.438. The van der Waals surface area contributed by atoms with Crippen LogP contribution in [0.4, 0.5) is 0 Å². The molecule has 0 spiro atoms. The van der Waals surface area contributed by atoms with Gasteiger partial charge >= 0.3 is 0 Å². The molecule has 106 valence electrons. The molecule has 3 atom stereocenters. The maximum Gasteiger partial charge on any atom is 0.211 e. The first-order valence-electron chi connectivity index (χ1n) is 6.86. The zero-order valence-corrected chi connectivity index (χ0v) is 13.5. The standard InChI is InChI=1S/C16H18O2S2/c1-9-5-4-6-12-7-13(18-16(9)12)15(17)14-8-19-10(2)11(3)20-14/h4-7,10-11,14H,8H2,1-3H3. The number of thioether (sulfide) groups is 2. The minimum atomic E-state index is 0.0204. The van der Waals surface area contributed by atoms with Gasteiger partial charge in [-0.15, -0.1) is 11.8 Å². The zero-order chi connectivity index (χ0) is 14.3. The van der Waals surface area contributed by atoms with Crippen molar-refractivity contribution < 1.29 is 9.21 Å². The first-order valence-corrected chi connectivity index (χ1v) is 8.86. The minimum absolute atomic E-state index is 0.0204. The lowest BCUT2D eigenvalue weighted by molar-refractivity contribution is 0.0970. The topological polar surface area (TPSA) is 30.2 Å². The first kappa shape index (κ1) is 14.1. The van der Waals surface area contributed by atoms with Crippen LogP contribution in [0, 0.1) is 6.92 Å². The summed E-state index contributed by atoms with van der Waals surface area (Å²) in [5.41, 5.74) is 1.92. The van der Waals surface area contributed by atoms with E-state index in [0.29, 0.717) is 16.3 Å². The van der Waals surface area contributed by atoms with E-state index in [1.807, 2.05) is 43.0 Å². The Morgan fingerprint density at radius 1 is 1.30 bits per heavy atom. The molecule has 0 saturated carbocycles. The van der Waals surface area contributed by atoms with Crippen LogP contribution in [-0.4, -0.2) is 27.3 Å². The number of benzene rings is 1. The molecule has 1 aromatic heterocycles. The molecule has 2 heterocycles.